The molecule has 1 aromatic rings. The van der Waals surface area contributed by atoms with E-state index >= 15 is 0 Å². The van der Waals surface area contributed by atoms with Gasteiger partial charge in [-0.3, -0.25) is 0 Å². The Labute approximate surface area is 124 Å². The number of benzene rings is 1. The molecule has 0 spiro atoms. The molecule has 1 N–H and O–H groups in total. The van der Waals surface area contributed by atoms with Crippen LogP contribution in [0, 0.1) is 5.21 Å². The molecule has 0 amide bonds. The maximum absolute atomic E-state index is 11.5. The Morgan fingerprint density at radius 3 is 2.53 bits per heavy atom. The normalized spacial score (nSPS) is 18.9. The minimum absolute atomic E-state index is 0.227. The van der Waals surface area contributed by atoms with Crippen LogP contribution in [-0.2, 0) is 17.7 Å². The largest absolute Gasteiger partial charge is 0.623 e. The van der Waals surface area contributed by atoms with E-state index in [9.17, 15) is 9.42 Å². The summed E-state index contributed by atoms with van der Waals surface area (Å²) in [7, 11) is 0. The molecule has 3 nitrogen and oxygen atoms in total. The van der Waals surface area contributed by atoms with E-state index in [2.05, 4.69) is 0 Å². The van der Waals surface area contributed by atoms with Crippen LogP contribution in [0.2, 0.25) is 10.0 Å². The van der Waals surface area contributed by atoms with Gasteiger partial charge in [-0.25, -0.2) is 4.21 Å². The highest BCUT2D eigenvalue weighted by Gasteiger charge is 2.19. The maximum atomic E-state index is 11.5. The third-order valence-electron chi connectivity index (χ3n) is 2.99. The summed E-state index contributed by atoms with van der Waals surface area (Å²) in [6, 6.07) is 5.31. The van der Waals surface area contributed by atoms with Crippen molar-refractivity contribution in [2.45, 2.75) is 13.3 Å². The molecule has 0 saturated heterocycles. The van der Waals surface area contributed by atoms with Crippen molar-refractivity contribution >= 4 is 39.4 Å². The predicted octanol–water partition coefficient (Wildman–Crippen LogP) is 2.11. The van der Waals surface area contributed by atoms with Crippen LogP contribution < -0.4 is 5.06 Å². The van der Waals surface area contributed by atoms with E-state index in [-0.39, 0.29) is 21.3 Å². The maximum Gasteiger partial charge on any atom is 0.233 e. The molecule has 1 aliphatic heterocycles. The van der Waals surface area contributed by atoms with Crippen molar-refractivity contribution in [2.24, 2.45) is 0 Å². The van der Waals surface area contributed by atoms with Crippen molar-refractivity contribution in [3.05, 3.63) is 62.4 Å². The van der Waals surface area contributed by atoms with Gasteiger partial charge in [0.15, 0.2) is 11.3 Å². The van der Waals surface area contributed by atoms with E-state index in [1.165, 1.54) is 6.20 Å². The molecule has 1 heterocycles. The lowest BCUT2D eigenvalue weighted by atomic mass is 9.98. The number of halogens is 2. The summed E-state index contributed by atoms with van der Waals surface area (Å²) in [6.07, 6.45) is 3.63. The summed E-state index contributed by atoms with van der Waals surface area (Å²) in [5.74, 6) is 0. The Morgan fingerprint density at radius 1 is 1.32 bits per heavy atom. The zero-order chi connectivity index (χ0) is 14.0. The van der Waals surface area contributed by atoms with E-state index in [1.54, 1.807) is 31.2 Å². The number of allylic oxidation sites excluding steroid dienone is 2. The molecule has 6 heteroatoms. The molecule has 2 rings (SSSR count). The van der Waals surface area contributed by atoms with Crippen LogP contribution in [0.3, 0.4) is 0 Å². The van der Waals surface area contributed by atoms with Crippen LogP contribution in [0.4, 0.5) is 0 Å². The fraction of sp³-hybridized carbons (Fsp3) is 0.154. The van der Waals surface area contributed by atoms with Crippen LogP contribution in [0.5, 0.6) is 0 Å². The van der Waals surface area contributed by atoms with E-state index < -0.39 is 0 Å². The number of nitrogens with one attached hydrogen (secondary N) is 1. The van der Waals surface area contributed by atoms with Crippen LogP contribution in [0.15, 0.2) is 41.6 Å². The average molecular weight is 316 g/mol. The molecule has 0 fully saturated rings. The van der Waals surface area contributed by atoms with Gasteiger partial charge in [-0.2, -0.15) is 0 Å². The van der Waals surface area contributed by atoms with E-state index in [0.29, 0.717) is 22.0 Å². The molecule has 0 bridgehead atoms. The summed E-state index contributed by atoms with van der Waals surface area (Å²) in [5.41, 5.74) is 2.38. The minimum Gasteiger partial charge on any atom is -0.623 e. The molecule has 1 unspecified atom stereocenters. The standard InChI is InChI=1S/C13H11Cl2NO2S/c1-8-9(5-6-16(17)13(8)19-18)7-10-11(14)3-2-4-12(10)15/h2-6,16H,7H2,1H3. The second kappa shape index (κ2) is 6.03. The van der Waals surface area contributed by atoms with Gasteiger partial charge in [-0.1, -0.05) is 29.3 Å². The zero-order valence-electron chi connectivity index (χ0n) is 10.1. The smallest absolute Gasteiger partial charge is 0.233 e. The summed E-state index contributed by atoms with van der Waals surface area (Å²) in [4.78, 5) is 0.237. The van der Waals surface area contributed by atoms with E-state index in [4.69, 9.17) is 23.2 Å². The number of hydroxylamine groups is 2. The van der Waals surface area contributed by atoms with Crippen LogP contribution in [0.25, 0.3) is 0 Å². The first-order valence-electron chi connectivity index (χ1n) is 5.56. The zero-order valence-corrected chi connectivity index (χ0v) is 12.4. The van der Waals surface area contributed by atoms with Gasteiger partial charge in [-0.05, 0) is 36.3 Å². The molecular formula is C13H11Cl2NO2S. The predicted molar refractivity (Wildman–Crippen MR) is 79.5 cm³/mol. The fourth-order valence-electron chi connectivity index (χ4n) is 1.89. The van der Waals surface area contributed by atoms with Crippen LogP contribution in [-0.4, -0.2) is 9.20 Å². The lowest BCUT2D eigenvalue weighted by Crippen LogP contribution is -3.06. The Hall–Kier alpha value is -0.910. The van der Waals surface area contributed by atoms with Gasteiger partial charge in [0.2, 0.25) is 4.99 Å². The molecule has 0 saturated carbocycles. The van der Waals surface area contributed by atoms with Crippen molar-refractivity contribution in [1.82, 2.24) is 0 Å². The van der Waals surface area contributed by atoms with Gasteiger partial charge >= 0.3 is 0 Å². The Bertz CT molecular complexity index is 613. The van der Waals surface area contributed by atoms with Gasteiger partial charge < -0.3 is 10.3 Å². The van der Waals surface area contributed by atoms with Gasteiger partial charge in [-0.15, -0.1) is 0 Å². The highest BCUT2D eigenvalue weighted by atomic mass is 35.5. The molecule has 100 valence electrons. The first kappa shape index (κ1) is 14.5. The summed E-state index contributed by atoms with van der Waals surface area (Å²) in [5, 5.41) is 12.4. The number of hydrogen-bond donors (Lipinski definition) is 1. The second-order valence-electron chi connectivity index (χ2n) is 4.14. The SMILES string of the molecule is CC1=C(Cc2c(Cl)cccc2Cl)C=C[NH+]([O-])C1=S=O. The minimum atomic E-state index is -0.244. The van der Waals surface area contributed by atoms with Crippen molar-refractivity contribution in [3.8, 4) is 0 Å². The summed E-state index contributed by atoms with van der Waals surface area (Å²) < 4.78 is 11.0. The van der Waals surface area contributed by atoms with E-state index in [0.717, 1.165) is 11.1 Å². The molecule has 19 heavy (non-hydrogen) atoms. The highest BCUT2D eigenvalue weighted by Crippen LogP contribution is 2.28. The van der Waals surface area contributed by atoms with Crippen LogP contribution >= 0.6 is 23.2 Å². The van der Waals surface area contributed by atoms with Gasteiger partial charge in [0.05, 0.1) is 0 Å². The molecule has 0 aromatic heterocycles. The molecular weight excluding hydrogens is 305 g/mol. The van der Waals surface area contributed by atoms with Crippen molar-refractivity contribution in [3.63, 3.8) is 0 Å². The second-order valence-corrected chi connectivity index (χ2v) is 5.53. The van der Waals surface area contributed by atoms with Crippen molar-refractivity contribution < 1.29 is 9.27 Å². The monoisotopic (exact) mass is 315 g/mol. The molecule has 0 aliphatic carbocycles. The first-order chi connectivity index (χ1) is 9.04. The molecule has 1 atom stereocenters. The van der Waals surface area contributed by atoms with Crippen molar-refractivity contribution in [2.75, 3.05) is 0 Å². The molecule has 1 aliphatic rings. The van der Waals surface area contributed by atoms with Crippen molar-refractivity contribution in [1.29, 1.82) is 0 Å². The third-order valence-corrected chi connectivity index (χ3v) is 4.38. The number of quaternary nitrogens is 1. The average Bonchev–Trinajstić information content (AvgIpc) is 2.37. The Balaban J connectivity index is 2.42. The molecule has 1 aromatic carbocycles. The third kappa shape index (κ3) is 2.99. The quantitative estimate of drug-likeness (QED) is 0.671. The van der Waals surface area contributed by atoms with Gasteiger partial charge in [0.1, 0.15) is 6.20 Å². The lowest BCUT2D eigenvalue weighted by molar-refractivity contribution is -0.680. The topological polar surface area (TPSA) is 44.6 Å². The Morgan fingerprint density at radius 2 is 1.95 bits per heavy atom. The summed E-state index contributed by atoms with van der Waals surface area (Å²) in [6.45, 7) is 1.77. The number of hydrogen-bond acceptors (Lipinski definition) is 2. The highest BCUT2D eigenvalue weighted by molar-refractivity contribution is 7.66. The van der Waals surface area contributed by atoms with E-state index in [1.807, 2.05) is 0 Å². The summed E-state index contributed by atoms with van der Waals surface area (Å²) >= 11 is 12.5. The fourth-order valence-corrected chi connectivity index (χ4v) is 2.83. The number of rotatable bonds is 2. The van der Waals surface area contributed by atoms with Crippen LogP contribution in [0.1, 0.15) is 12.5 Å². The van der Waals surface area contributed by atoms with Gasteiger partial charge in [0.25, 0.3) is 0 Å². The van der Waals surface area contributed by atoms with Gasteiger partial charge in [0, 0.05) is 22.0 Å². The lowest BCUT2D eigenvalue weighted by Gasteiger charge is -2.23. The first-order valence-corrected chi connectivity index (χ1v) is 7.06. The molecule has 0 radical (unpaired) electrons. The Kier molecular flexibility index (Phi) is 4.60.